The Kier molecular flexibility index (Phi) is 3.97. The van der Waals surface area contributed by atoms with Gasteiger partial charge in [0.05, 0.1) is 11.2 Å². The van der Waals surface area contributed by atoms with Crippen molar-refractivity contribution in [2.24, 2.45) is 0 Å². The van der Waals surface area contributed by atoms with Gasteiger partial charge in [0.2, 0.25) is 0 Å². The van der Waals surface area contributed by atoms with E-state index in [2.05, 4.69) is 0 Å². The highest BCUT2D eigenvalue weighted by Crippen LogP contribution is 2.30. The van der Waals surface area contributed by atoms with E-state index in [0.29, 0.717) is 16.8 Å². The highest BCUT2D eigenvalue weighted by atomic mass is 16.6. The molecule has 122 valence electrons. The van der Waals surface area contributed by atoms with Crippen LogP contribution < -0.4 is 0 Å². The number of hydrogen-bond acceptors (Lipinski definition) is 3. The molecule has 2 aromatic carbocycles. The van der Waals surface area contributed by atoms with Crippen molar-refractivity contribution >= 4 is 23.3 Å². The average Bonchev–Trinajstić information content (AvgIpc) is 2.92. The van der Waals surface area contributed by atoms with Crippen molar-refractivity contribution in [2.75, 3.05) is 0 Å². The first-order chi connectivity index (χ1) is 11.4. The summed E-state index contributed by atoms with van der Waals surface area (Å²) in [4.78, 5) is 24.2. The van der Waals surface area contributed by atoms with Crippen molar-refractivity contribution < 1.29 is 14.3 Å². The van der Waals surface area contributed by atoms with E-state index in [-0.39, 0.29) is 0 Å². The van der Waals surface area contributed by atoms with Crippen LogP contribution in [0.3, 0.4) is 0 Å². The number of aromatic nitrogens is 1. The van der Waals surface area contributed by atoms with Gasteiger partial charge < -0.3 is 4.74 Å². The molecule has 0 spiro atoms. The Morgan fingerprint density at radius 3 is 2.42 bits per heavy atom. The third kappa shape index (κ3) is 2.95. The fraction of sp³-hybridized carbons (Fsp3) is 0.200. The molecule has 0 aliphatic heterocycles. The summed E-state index contributed by atoms with van der Waals surface area (Å²) in [7, 11) is 0. The lowest BCUT2D eigenvalue weighted by Crippen LogP contribution is -2.27. The molecule has 0 radical (unpaired) electrons. The smallest absolute Gasteiger partial charge is 0.419 e. The molecule has 0 bridgehead atoms. The molecule has 0 aliphatic carbocycles. The second kappa shape index (κ2) is 5.96. The Labute approximate surface area is 140 Å². The quantitative estimate of drug-likeness (QED) is 0.630. The lowest BCUT2D eigenvalue weighted by atomic mass is 10.1. The van der Waals surface area contributed by atoms with E-state index >= 15 is 0 Å². The number of rotatable bonds is 2. The molecule has 4 heteroatoms. The van der Waals surface area contributed by atoms with Crippen LogP contribution in [0.2, 0.25) is 0 Å². The van der Waals surface area contributed by atoms with Crippen molar-refractivity contribution in [3.8, 4) is 11.3 Å². The number of nitrogens with zero attached hydrogens (tertiary/aromatic N) is 1. The Bertz CT molecular complexity index is 916. The van der Waals surface area contributed by atoms with Crippen LogP contribution >= 0.6 is 0 Å². The molecule has 1 aromatic heterocycles. The summed E-state index contributed by atoms with van der Waals surface area (Å²) in [5, 5.41) is 0.916. The fourth-order valence-electron chi connectivity index (χ4n) is 2.69. The first-order valence-electron chi connectivity index (χ1n) is 7.79. The van der Waals surface area contributed by atoms with Gasteiger partial charge in [0, 0.05) is 16.5 Å². The van der Waals surface area contributed by atoms with Crippen LogP contribution in [0.4, 0.5) is 4.79 Å². The minimum absolute atomic E-state index is 0.459. The van der Waals surface area contributed by atoms with E-state index in [1.165, 1.54) is 4.57 Å². The SMILES string of the molecule is CC(C)(C)OC(=O)n1c(-c2ccccc2C=O)cc2ccccc21. The molecular formula is C20H19NO3. The molecule has 3 aromatic rings. The van der Waals surface area contributed by atoms with Gasteiger partial charge in [-0.3, -0.25) is 4.79 Å². The number of hydrogen-bond donors (Lipinski definition) is 0. The maximum absolute atomic E-state index is 12.8. The third-order valence-corrected chi connectivity index (χ3v) is 3.65. The van der Waals surface area contributed by atoms with Crippen LogP contribution in [0.15, 0.2) is 54.6 Å². The van der Waals surface area contributed by atoms with Gasteiger partial charge in [-0.2, -0.15) is 0 Å². The Hall–Kier alpha value is -2.88. The van der Waals surface area contributed by atoms with E-state index in [9.17, 15) is 9.59 Å². The van der Waals surface area contributed by atoms with Crippen molar-refractivity contribution in [3.05, 3.63) is 60.2 Å². The highest BCUT2D eigenvalue weighted by molar-refractivity contribution is 5.99. The van der Waals surface area contributed by atoms with Crippen LogP contribution in [0.1, 0.15) is 31.1 Å². The van der Waals surface area contributed by atoms with Crippen LogP contribution in [-0.2, 0) is 4.74 Å². The predicted molar refractivity (Wildman–Crippen MR) is 94.4 cm³/mol. The fourth-order valence-corrected chi connectivity index (χ4v) is 2.69. The molecule has 0 unspecified atom stereocenters. The number of aldehydes is 1. The molecule has 3 rings (SSSR count). The molecule has 24 heavy (non-hydrogen) atoms. The largest absolute Gasteiger partial charge is 0.443 e. The number of para-hydroxylation sites is 1. The zero-order valence-electron chi connectivity index (χ0n) is 13.9. The van der Waals surface area contributed by atoms with E-state index in [4.69, 9.17) is 4.74 Å². The monoisotopic (exact) mass is 321 g/mol. The van der Waals surface area contributed by atoms with Gasteiger partial charge in [0.25, 0.3) is 0 Å². The lowest BCUT2D eigenvalue weighted by Gasteiger charge is -2.21. The number of carbonyl (C=O) groups is 2. The average molecular weight is 321 g/mol. The van der Waals surface area contributed by atoms with Crippen LogP contribution in [0.5, 0.6) is 0 Å². The topological polar surface area (TPSA) is 48.3 Å². The van der Waals surface area contributed by atoms with Crippen molar-refractivity contribution in [3.63, 3.8) is 0 Å². The molecule has 0 amide bonds. The zero-order valence-corrected chi connectivity index (χ0v) is 13.9. The summed E-state index contributed by atoms with van der Waals surface area (Å²) in [5.74, 6) is 0. The minimum atomic E-state index is -0.607. The second-order valence-corrected chi connectivity index (χ2v) is 6.61. The Morgan fingerprint density at radius 2 is 1.71 bits per heavy atom. The van der Waals surface area contributed by atoms with Gasteiger partial charge in [-0.15, -0.1) is 0 Å². The molecule has 0 fully saturated rings. The minimum Gasteiger partial charge on any atom is -0.443 e. The second-order valence-electron chi connectivity index (χ2n) is 6.61. The number of fused-ring (bicyclic) bond motifs is 1. The van der Waals surface area contributed by atoms with Crippen molar-refractivity contribution in [1.82, 2.24) is 4.57 Å². The Morgan fingerprint density at radius 1 is 1.04 bits per heavy atom. The summed E-state index contributed by atoms with van der Waals surface area (Å²) in [6.45, 7) is 5.49. The van der Waals surface area contributed by atoms with Gasteiger partial charge in [0.15, 0.2) is 6.29 Å². The summed E-state index contributed by atoms with van der Waals surface area (Å²) in [6.07, 6.45) is 0.339. The van der Waals surface area contributed by atoms with Gasteiger partial charge in [-0.25, -0.2) is 9.36 Å². The van der Waals surface area contributed by atoms with Crippen molar-refractivity contribution in [2.45, 2.75) is 26.4 Å². The van der Waals surface area contributed by atoms with Gasteiger partial charge in [0.1, 0.15) is 5.60 Å². The van der Waals surface area contributed by atoms with Gasteiger partial charge >= 0.3 is 6.09 Å². The maximum atomic E-state index is 12.8. The molecule has 0 saturated carbocycles. The predicted octanol–water partition coefficient (Wildman–Crippen LogP) is 4.90. The van der Waals surface area contributed by atoms with E-state index in [1.54, 1.807) is 12.1 Å². The van der Waals surface area contributed by atoms with Crippen LogP contribution in [-0.4, -0.2) is 22.5 Å². The molecular weight excluding hydrogens is 302 g/mol. The number of ether oxygens (including phenoxy) is 1. The normalized spacial score (nSPS) is 11.5. The summed E-state index contributed by atoms with van der Waals surface area (Å²) >= 11 is 0. The summed E-state index contributed by atoms with van der Waals surface area (Å²) in [5.41, 5.74) is 2.03. The standard InChI is InChI=1S/C20H19NO3/c1-20(2,3)24-19(23)21-17-11-7-5-8-14(17)12-18(21)16-10-6-4-9-15(16)13-22/h4-13H,1-3H3. The first-order valence-corrected chi connectivity index (χ1v) is 7.79. The Balaban J connectivity index is 2.26. The molecule has 4 nitrogen and oxygen atoms in total. The van der Waals surface area contributed by atoms with Gasteiger partial charge in [-0.05, 0) is 32.9 Å². The lowest BCUT2D eigenvalue weighted by molar-refractivity contribution is 0.0547. The molecule has 0 atom stereocenters. The van der Waals surface area contributed by atoms with E-state index in [1.807, 2.05) is 63.2 Å². The first kappa shape index (κ1) is 16.0. The number of benzene rings is 2. The summed E-state index contributed by atoms with van der Waals surface area (Å²) < 4.78 is 7.09. The van der Waals surface area contributed by atoms with Crippen molar-refractivity contribution in [1.29, 1.82) is 0 Å². The number of carbonyl (C=O) groups excluding carboxylic acids is 2. The third-order valence-electron chi connectivity index (χ3n) is 3.65. The maximum Gasteiger partial charge on any atom is 0.419 e. The van der Waals surface area contributed by atoms with E-state index < -0.39 is 11.7 Å². The molecule has 0 N–H and O–H groups in total. The van der Waals surface area contributed by atoms with Crippen LogP contribution in [0, 0.1) is 0 Å². The van der Waals surface area contributed by atoms with Gasteiger partial charge in [-0.1, -0.05) is 42.5 Å². The molecule has 0 saturated heterocycles. The van der Waals surface area contributed by atoms with E-state index in [0.717, 1.165) is 17.2 Å². The van der Waals surface area contributed by atoms with Crippen LogP contribution in [0.25, 0.3) is 22.2 Å². The molecule has 1 heterocycles. The highest BCUT2D eigenvalue weighted by Gasteiger charge is 2.23. The molecule has 0 aliphatic rings. The zero-order chi connectivity index (χ0) is 17.3. The summed E-state index contributed by atoms with van der Waals surface area (Å²) in [6, 6.07) is 16.7.